The summed E-state index contributed by atoms with van der Waals surface area (Å²) in [5.74, 6) is -0.0370. The van der Waals surface area contributed by atoms with E-state index < -0.39 is 0 Å². The Morgan fingerprint density at radius 1 is 1.21 bits per heavy atom. The summed E-state index contributed by atoms with van der Waals surface area (Å²) in [5.41, 5.74) is 0.493. The molecule has 1 rings (SSSR count). The molecule has 0 aliphatic rings. The Balaban J connectivity index is 2.76. The van der Waals surface area contributed by atoms with Gasteiger partial charge in [0.05, 0.1) is 0 Å². The van der Waals surface area contributed by atoms with Crippen LogP contribution < -0.4 is 5.32 Å². The molecule has 0 aliphatic carbocycles. The van der Waals surface area contributed by atoms with Crippen LogP contribution in [0.3, 0.4) is 0 Å². The van der Waals surface area contributed by atoms with Crippen LogP contribution in [0.25, 0.3) is 0 Å². The van der Waals surface area contributed by atoms with Crippen molar-refractivity contribution in [1.82, 2.24) is 5.32 Å². The average Bonchev–Trinajstić information content (AvgIpc) is 2.02. The molecule has 1 aromatic rings. The molecule has 1 amide bonds. The van der Waals surface area contributed by atoms with Gasteiger partial charge in [-0.05, 0) is 45.0 Å². The summed E-state index contributed by atoms with van der Waals surface area (Å²) in [4.78, 5) is 11.6. The van der Waals surface area contributed by atoms with Crippen molar-refractivity contribution in [2.75, 3.05) is 0 Å². The second kappa shape index (κ2) is 4.13. The van der Waals surface area contributed by atoms with Gasteiger partial charge < -0.3 is 5.32 Å². The van der Waals surface area contributed by atoms with Gasteiger partial charge in [0, 0.05) is 15.6 Å². The molecule has 0 radical (unpaired) electrons. The molecular weight excluding hydrogens is 242 g/mol. The van der Waals surface area contributed by atoms with Crippen LogP contribution in [0, 0.1) is 0 Å². The number of hydrogen-bond donors (Lipinski definition) is 1. The number of rotatable bonds is 1. The largest absolute Gasteiger partial charge is 0.347 e. The molecule has 0 spiro atoms. The molecule has 76 valence electrons. The highest BCUT2D eigenvalue weighted by atomic mass is 79.9. The van der Waals surface area contributed by atoms with Crippen LogP contribution in [0.2, 0.25) is 0 Å². The van der Waals surface area contributed by atoms with Crippen LogP contribution in [-0.4, -0.2) is 11.4 Å². The van der Waals surface area contributed by atoms with Crippen LogP contribution >= 0.6 is 15.9 Å². The molecule has 1 aromatic carbocycles. The Labute approximate surface area is 92.8 Å². The molecule has 1 N–H and O–H groups in total. The van der Waals surface area contributed by atoms with Gasteiger partial charge >= 0.3 is 0 Å². The van der Waals surface area contributed by atoms with Crippen LogP contribution in [0.5, 0.6) is 0 Å². The molecule has 0 aromatic heterocycles. The van der Waals surface area contributed by atoms with Gasteiger partial charge in [-0.1, -0.05) is 15.9 Å². The standard InChI is InChI=1S/C11H14BrNO/c1-11(2,3)13-10(14)8-4-6-9(12)7-5-8/h4-7H,1-3H3,(H,13,14). The lowest BCUT2D eigenvalue weighted by atomic mass is 10.1. The van der Waals surface area contributed by atoms with Crippen molar-refractivity contribution in [2.45, 2.75) is 26.3 Å². The average molecular weight is 256 g/mol. The molecule has 0 unspecified atom stereocenters. The summed E-state index contributed by atoms with van der Waals surface area (Å²) >= 11 is 3.32. The minimum Gasteiger partial charge on any atom is -0.347 e. The smallest absolute Gasteiger partial charge is 0.251 e. The summed E-state index contributed by atoms with van der Waals surface area (Å²) in [6.07, 6.45) is 0. The lowest BCUT2D eigenvalue weighted by molar-refractivity contribution is 0.0919. The van der Waals surface area contributed by atoms with Gasteiger partial charge in [-0.25, -0.2) is 0 Å². The van der Waals surface area contributed by atoms with Crippen molar-refractivity contribution in [3.63, 3.8) is 0 Å². The lowest BCUT2D eigenvalue weighted by Crippen LogP contribution is -2.40. The molecular formula is C11H14BrNO. The predicted molar refractivity (Wildman–Crippen MR) is 61.4 cm³/mol. The molecule has 0 saturated heterocycles. The molecule has 14 heavy (non-hydrogen) atoms. The zero-order valence-corrected chi connectivity index (χ0v) is 10.2. The summed E-state index contributed by atoms with van der Waals surface area (Å²) in [7, 11) is 0. The SMILES string of the molecule is CC(C)(C)NC(=O)c1ccc(Br)cc1. The van der Waals surface area contributed by atoms with Gasteiger partial charge in [0.15, 0.2) is 0 Å². The summed E-state index contributed by atoms with van der Waals surface area (Å²) in [5, 5.41) is 2.90. The number of benzene rings is 1. The quantitative estimate of drug-likeness (QED) is 0.822. The van der Waals surface area contributed by atoms with Crippen LogP contribution in [-0.2, 0) is 0 Å². The van der Waals surface area contributed by atoms with Crippen molar-refractivity contribution < 1.29 is 4.79 Å². The highest BCUT2D eigenvalue weighted by Gasteiger charge is 2.14. The van der Waals surface area contributed by atoms with E-state index in [0.29, 0.717) is 5.56 Å². The van der Waals surface area contributed by atoms with Crippen molar-refractivity contribution in [3.8, 4) is 0 Å². The first-order valence-corrected chi connectivity index (χ1v) is 5.26. The second-order valence-electron chi connectivity index (χ2n) is 4.21. The van der Waals surface area contributed by atoms with Gasteiger partial charge in [0.1, 0.15) is 0 Å². The summed E-state index contributed by atoms with van der Waals surface area (Å²) in [6.45, 7) is 5.89. The van der Waals surface area contributed by atoms with E-state index in [1.807, 2.05) is 32.9 Å². The number of hydrogen-bond acceptors (Lipinski definition) is 1. The molecule has 0 atom stereocenters. The van der Waals surface area contributed by atoms with E-state index in [1.54, 1.807) is 12.1 Å². The Hall–Kier alpha value is -0.830. The maximum atomic E-state index is 11.6. The van der Waals surface area contributed by atoms with Gasteiger partial charge in [0.2, 0.25) is 0 Å². The minimum atomic E-state index is -0.190. The third-order valence-corrected chi connectivity index (χ3v) is 2.12. The molecule has 0 heterocycles. The van der Waals surface area contributed by atoms with E-state index in [0.717, 1.165) is 4.47 Å². The topological polar surface area (TPSA) is 29.1 Å². The number of nitrogens with one attached hydrogen (secondary N) is 1. The Morgan fingerprint density at radius 3 is 2.14 bits per heavy atom. The fourth-order valence-electron chi connectivity index (χ4n) is 1.01. The Bertz CT molecular complexity index is 324. The maximum Gasteiger partial charge on any atom is 0.251 e. The molecule has 3 heteroatoms. The normalized spacial score (nSPS) is 11.1. The first kappa shape index (κ1) is 11.2. The molecule has 2 nitrogen and oxygen atoms in total. The van der Waals surface area contributed by atoms with E-state index in [1.165, 1.54) is 0 Å². The fourth-order valence-corrected chi connectivity index (χ4v) is 1.28. The highest BCUT2D eigenvalue weighted by molar-refractivity contribution is 9.10. The second-order valence-corrected chi connectivity index (χ2v) is 5.13. The Kier molecular flexibility index (Phi) is 3.32. The van der Waals surface area contributed by atoms with Gasteiger partial charge in [-0.2, -0.15) is 0 Å². The molecule has 0 bridgehead atoms. The zero-order valence-electron chi connectivity index (χ0n) is 8.60. The first-order valence-electron chi connectivity index (χ1n) is 4.46. The highest BCUT2D eigenvalue weighted by Crippen LogP contribution is 2.11. The van der Waals surface area contributed by atoms with E-state index in [-0.39, 0.29) is 11.4 Å². The number of carbonyl (C=O) groups excluding carboxylic acids is 1. The predicted octanol–water partition coefficient (Wildman–Crippen LogP) is 2.98. The van der Waals surface area contributed by atoms with Crippen molar-refractivity contribution in [2.24, 2.45) is 0 Å². The third-order valence-electron chi connectivity index (χ3n) is 1.59. The summed E-state index contributed by atoms with van der Waals surface area (Å²) in [6, 6.07) is 7.31. The van der Waals surface area contributed by atoms with Crippen molar-refractivity contribution >= 4 is 21.8 Å². The van der Waals surface area contributed by atoms with Gasteiger partial charge in [0.25, 0.3) is 5.91 Å². The van der Waals surface area contributed by atoms with Crippen molar-refractivity contribution in [1.29, 1.82) is 0 Å². The third kappa shape index (κ3) is 3.50. The van der Waals surface area contributed by atoms with Crippen LogP contribution in [0.4, 0.5) is 0 Å². The summed E-state index contributed by atoms with van der Waals surface area (Å²) < 4.78 is 0.977. The van der Waals surface area contributed by atoms with E-state index in [4.69, 9.17) is 0 Å². The number of carbonyl (C=O) groups is 1. The van der Waals surface area contributed by atoms with Crippen LogP contribution in [0.15, 0.2) is 28.7 Å². The fraction of sp³-hybridized carbons (Fsp3) is 0.364. The monoisotopic (exact) mass is 255 g/mol. The first-order chi connectivity index (χ1) is 6.38. The molecule has 0 saturated carbocycles. The van der Waals surface area contributed by atoms with E-state index >= 15 is 0 Å². The van der Waals surface area contributed by atoms with Crippen LogP contribution in [0.1, 0.15) is 31.1 Å². The Morgan fingerprint density at radius 2 is 1.71 bits per heavy atom. The number of halogens is 1. The van der Waals surface area contributed by atoms with Crippen molar-refractivity contribution in [3.05, 3.63) is 34.3 Å². The maximum absolute atomic E-state index is 11.6. The van der Waals surface area contributed by atoms with E-state index in [9.17, 15) is 4.79 Å². The van der Waals surface area contributed by atoms with Gasteiger partial charge in [-0.15, -0.1) is 0 Å². The van der Waals surface area contributed by atoms with Gasteiger partial charge in [-0.3, -0.25) is 4.79 Å². The lowest BCUT2D eigenvalue weighted by Gasteiger charge is -2.20. The number of amides is 1. The molecule has 0 aliphatic heterocycles. The molecule has 0 fully saturated rings. The minimum absolute atomic E-state index is 0.0370. The zero-order chi connectivity index (χ0) is 10.8. The van der Waals surface area contributed by atoms with E-state index in [2.05, 4.69) is 21.2 Å².